The van der Waals surface area contributed by atoms with Gasteiger partial charge in [0, 0.05) is 4.47 Å². The van der Waals surface area contributed by atoms with Crippen molar-refractivity contribution in [3.63, 3.8) is 0 Å². The topological polar surface area (TPSA) is 74.6 Å². The SMILES string of the molecule is O=C(O)c1ccc2c(C(=O)O)cccc2c1Br. The van der Waals surface area contributed by atoms with Gasteiger partial charge in [0.1, 0.15) is 0 Å². The molecular formula is C12H7BrO4. The van der Waals surface area contributed by atoms with Crippen molar-refractivity contribution in [1.29, 1.82) is 0 Å². The van der Waals surface area contributed by atoms with E-state index in [1.807, 2.05) is 0 Å². The molecule has 4 nitrogen and oxygen atoms in total. The fourth-order valence-corrected chi connectivity index (χ4v) is 2.32. The molecule has 0 spiro atoms. The smallest absolute Gasteiger partial charge is 0.336 e. The fourth-order valence-electron chi connectivity index (χ4n) is 1.67. The van der Waals surface area contributed by atoms with Gasteiger partial charge in [0.25, 0.3) is 0 Å². The third-order valence-electron chi connectivity index (χ3n) is 2.46. The van der Waals surface area contributed by atoms with E-state index in [1.165, 1.54) is 18.2 Å². The zero-order chi connectivity index (χ0) is 12.6. The van der Waals surface area contributed by atoms with Crippen LogP contribution in [0.5, 0.6) is 0 Å². The molecule has 2 rings (SSSR count). The number of fused-ring (bicyclic) bond motifs is 1. The maximum Gasteiger partial charge on any atom is 0.336 e. The first kappa shape index (κ1) is 11.6. The van der Waals surface area contributed by atoms with Crippen molar-refractivity contribution in [2.75, 3.05) is 0 Å². The Morgan fingerprint density at radius 1 is 0.882 bits per heavy atom. The Labute approximate surface area is 105 Å². The van der Waals surface area contributed by atoms with Crippen molar-refractivity contribution >= 4 is 38.6 Å². The van der Waals surface area contributed by atoms with Crippen molar-refractivity contribution in [2.45, 2.75) is 0 Å². The second-order valence-corrected chi connectivity index (χ2v) is 4.23. The molecule has 2 N–H and O–H groups in total. The molecule has 0 aliphatic carbocycles. The summed E-state index contributed by atoms with van der Waals surface area (Å²) in [7, 11) is 0. The molecule has 2 aromatic carbocycles. The van der Waals surface area contributed by atoms with Crippen LogP contribution in [0.25, 0.3) is 10.8 Å². The Hall–Kier alpha value is -1.88. The number of carboxylic acids is 2. The van der Waals surface area contributed by atoms with Gasteiger partial charge in [0.2, 0.25) is 0 Å². The molecular weight excluding hydrogens is 288 g/mol. The third kappa shape index (κ3) is 1.89. The number of halogens is 1. The Balaban J connectivity index is 2.85. The maximum absolute atomic E-state index is 11.0. The number of rotatable bonds is 2. The van der Waals surface area contributed by atoms with Gasteiger partial charge >= 0.3 is 11.9 Å². The zero-order valence-electron chi connectivity index (χ0n) is 8.48. The van der Waals surface area contributed by atoms with Crippen molar-refractivity contribution in [1.82, 2.24) is 0 Å². The molecule has 0 saturated heterocycles. The van der Waals surface area contributed by atoms with Crippen LogP contribution in [-0.2, 0) is 0 Å². The van der Waals surface area contributed by atoms with E-state index in [1.54, 1.807) is 12.1 Å². The minimum absolute atomic E-state index is 0.111. The number of hydrogen-bond donors (Lipinski definition) is 2. The number of carboxylic acid groups (broad SMARTS) is 2. The summed E-state index contributed by atoms with van der Waals surface area (Å²) >= 11 is 3.19. The average Bonchev–Trinajstić information content (AvgIpc) is 2.28. The lowest BCUT2D eigenvalue weighted by Crippen LogP contribution is -2.01. The summed E-state index contributed by atoms with van der Waals surface area (Å²) < 4.78 is 0.394. The lowest BCUT2D eigenvalue weighted by atomic mass is 10.0. The molecule has 0 saturated carbocycles. The van der Waals surface area contributed by atoms with E-state index in [0.717, 1.165) is 0 Å². The van der Waals surface area contributed by atoms with Crippen LogP contribution in [0.2, 0.25) is 0 Å². The summed E-state index contributed by atoms with van der Waals surface area (Å²) in [5, 5.41) is 19.1. The minimum Gasteiger partial charge on any atom is -0.478 e. The van der Waals surface area contributed by atoms with E-state index in [0.29, 0.717) is 15.2 Å². The molecule has 0 aromatic heterocycles. The molecule has 5 heteroatoms. The maximum atomic E-state index is 11.0. The third-order valence-corrected chi connectivity index (χ3v) is 3.31. The van der Waals surface area contributed by atoms with Gasteiger partial charge in [-0.25, -0.2) is 9.59 Å². The van der Waals surface area contributed by atoms with Crippen LogP contribution in [0.15, 0.2) is 34.8 Å². The average molecular weight is 295 g/mol. The normalized spacial score (nSPS) is 10.4. The Morgan fingerprint density at radius 3 is 2.12 bits per heavy atom. The van der Waals surface area contributed by atoms with Gasteiger partial charge in [-0.1, -0.05) is 18.2 Å². The monoisotopic (exact) mass is 294 g/mol. The largest absolute Gasteiger partial charge is 0.478 e. The van der Waals surface area contributed by atoms with Crippen LogP contribution >= 0.6 is 15.9 Å². The Morgan fingerprint density at radius 2 is 1.53 bits per heavy atom. The molecule has 2 aromatic rings. The Kier molecular flexibility index (Phi) is 2.85. The second kappa shape index (κ2) is 4.18. The van der Waals surface area contributed by atoms with Crippen LogP contribution in [0, 0.1) is 0 Å². The number of hydrogen-bond acceptors (Lipinski definition) is 2. The molecule has 0 unspecified atom stereocenters. The molecule has 0 fully saturated rings. The first-order valence-corrected chi connectivity index (χ1v) is 5.49. The molecule has 0 aliphatic rings. The number of benzene rings is 2. The second-order valence-electron chi connectivity index (χ2n) is 3.44. The standard InChI is InChI=1S/C12H7BrO4/c13-10-7-2-1-3-8(11(14)15)6(7)4-5-9(10)12(16)17/h1-5H,(H,14,15)(H,16,17). The highest BCUT2D eigenvalue weighted by atomic mass is 79.9. The van der Waals surface area contributed by atoms with Crippen molar-refractivity contribution in [3.05, 3.63) is 45.9 Å². The van der Waals surface area contributed by atoms with Gasteiger partial charge in [0.15, 0.2) is 0 Å². The van der Waals surface area contributed by atoms with Crippen molar-refractivity contribution in [2.24, 2.45) is 0 Å². The van der Waals surface area contributed by atoms with Crippen LogP contribution in [0.3, 0.4) is 0 Å². The van der Waals surface area contributed by atoms with Gasteiger partial charge in [-0.2, -0.15) is 0 Å². The van der Waals surface area contributed by atoms with Crippen LogP contribution < -0.4 is 0 Å². The van der Waals surface area contributed by atoms with Gasteiger partial charge in [0.05, 0.1) is 11.1 Å². The molecule has 0 amide bonds. The summed E-state index contributed by atoms with van der Waals surface area (Å²) in [6, 6.07) is 7.65. The quantitative estimate of drug-likeness (QED) is 0.893. The lowest BCUT2D eigenvalue weighted by molar-refractivity contribution is 0.0687. The summed E-state index contributed by atoms with van der Waals surface area (Å²) in [6.45, 7) is 0. The number of carbonyl (C=O) groups is 2. The van der Waals surface area contributed by atoms with E-state index in [9.17, 15) is 9.59 Å². The van der Waals surface area contributed by atoms with Crippen LogP contribution in [-0.4, -0.2) is 22.2 Å². The first-order valence-electron chi connectivity index (χ1n) is 4.70. The summed E-state index contributed by atoms with van der Waals surface area (Å²) in [5.74, 6) is -2.09. The molecule has 0 heterocycles. The summed E-state index contributed by atoms with van der Waals surface area (Å²) in [6.07, 6.45) is 0. The zero-order valence-corrected chi connectivity index (χ0v) is 10.1. The van der Waals surface area contributed by atoms with E-state index < -0.39 is 11.9 Å². The van der Waals surface area contributed by atoms with Crippen molar-refractivity contribution in [3.8, 4) is 0 Å². The highest BCUT2D eigenvalue weighted by Gasteiger charge is 2.14. The molecule has 0 aliphatic heterocycles. The summed E-state index contributed by atoms with van der Waals surface area (Å²) in [5.41, 5.74) is 0.264. The molecule has 86 valence electrons. The van der Waals surface area contributed by atoms with Gasteiger partial charge in [-0.05, 0) is 38.8 Å². The van der Waals surface area contributed by atoms with E-state index in [-0.39, 0.29) is 11.1 Å². The first-order chi connectivity index (χ1) is 8.02. The molecule has 0 atom stereocenters. The van der Waals surface area contributed by atoms with E-state index >= 15 is 0 Å². The fraction of sp³-hybridized carbons (Fsp3) is 0. The molecule has 17 heavy (non-hydrogen) atoms. The van der Waals surface area contributed by atoms with Gasteiger partial charge < -0.3 is 10.2 Å². The van der Waals surface area contributed by atoms with Crippen molar-refractivity contribution < 1.29 is 19.8 Å². The highest BCUT2D eigenvalue weighted by Crippen LogP contribution is 2.29. The van der Waals surface area contributed by atoms with E-state index in [4.69, 9.17) is 10.2 Å². The number of aromatic carboxylic acids is 2. The van der Waals surface area contributed by atoms with E-state index in [2.05, 4.69) is 15.9 Å². The summed E-state index contributed by atoms with van der Waals surface area (Å²) in [4.78, 5) is 22.0. The molecule has 0 radical (unpaired) electrons. The molecule has 0 bridgehead atoms. The predicted molar refractivity (Wildman–Crippen MR) is 65.6 cm³/mol. The Bertz CT molecular complexity index is 634. The van der Waals surface area contributed by atoms with Gasteiger partial charge in [-0.15, -0.1) is 0 Å². The highest BCUT2D eigenvalue weighted by molar-refractivity contribution is 9.10. The van der Waals surface area contributed by atoms with Crippen LogP contribution in [0.1, 0.15) is 20.7 Å². The minimum atomic E-state index is -1.06. The predicted octanol–water partition coefficient (Wildman–Crippen LogP) is 3.00. The van der Waals surface area contributed by atoms with Crippen LogP contribution in [0.4, 0.5) is 0 Å². The lowest BCUT2D eigenvalue weighted by Gasteiger charge is -2.06. The van der Waals surface area contributed by atoms with Gasteiger partial charge in [-0.3, -0.25) is 0 Å².